The number of hydrogen-bond donors (Lipinski definition) is 0. The van der Waals surface area contributed by atoms with Crippen molar-refractivity contribution in [1.29, 1.82) is 0 Å². The number of aliphatic imine (C=N–C) groups is 1. The summed E-state index contributed by atoms with van der Waals surface area (Å²) in [6.07, 6.45) is 0. The molecule has 0 aromatic rings. The third kappa shape index (κ3) is 4.98. The van der Waals surface area contributed by atoms with E-state index < -0.39 is 0 Å². The van der Waals surface area contributed by atoms with Gasteiger partial charge in [-0.3, -0.25) is 4.99 Å². The monoisotopic (exact) mass is 243 g/mol. The molecule has 0 rings (SSSR count). The molecule has 0 N–H and O–H groups in total. The SMILES string of the molecule is CPC=NC(C)CI. The van der Waals surface area contributed by atoms with E-state index in [9.17, 15) is 0 Å². The molecule has 8 heavy (non-hydrogen) atoms. The van der Waals surface area contributed by atoms with Crippen LogP contribution < -0.4 is 0 Å². The van der Waals surface area contributed by atoms with E-state index in [1.807, 2.05) is 5.96 Å². The second-order valence-corrected chi connectivity index (χ2v) is 3.29. The number of nitrogens with zero attached hydrogens (tertiary/aromatic N) is 1. The summed E-state index contributed by atoms with van der Waals surface area (Å²) in [6.45, 7) is 4.26. The van der Waals surface area contributed by atoms with Gasteiger partial charge in [0.1, 0.15) is 0 Å². The molecule has 0 radical (unpaired) electrons. The molecule has 0 aromatic heterocycles. The second kappa shape index (κ2) is 5.96. The maximum atomic E-state index is 4.24. The highest BCUT2D eigenvalue weighted by atomic mass is 127. The topological polar surface area (TPSA) is 12.4 Å². The molecule has 3 heteroatoms. The summed E-state index contributed by atoms with van der Waals surface area (Å²) in [7, 11) is 0.859. The van der Waals surface area contributed by atoms with Crippen LogP contribution in [0.2, 0.25) is 0 Å². The molecule has 0 fully saturated rings. The Balaban J connectivity index is 3.21. The first-order chi connectivity index (χ1) is 3.81. The van der Waals surface area contributed by atoms with E-state index in [1.165, 1.54) is 0 Å². The van der Waals surface area contributed by atoms with Gasteiger partial charge in [0.15, 0.2) is 0 Å². The van der Waals surface area contributed by atoms with Crippen LogP contribution in [0.5, 0.6) is 0 Å². The Morgan fingerprint density at radius 1 is 1.88 bits per heavy atom. The van der Waals surface area contributed by atoms with Gasteiger partial charge in [-0.15, -0.1) is 0 Å². The van der Waals surface area contributed by atoms with E-state index in [0.29, 0.717) is 6.04 Å². The lowest BCUT2D eigenvalue weighted by Crippen LogP contribution is -1.96. The average molecular weight is 243 g/mol. The van der Waals surface area contributed by atoms with E-state index in [1.54, 1.807) is 0 Å². The van der Waals surface area contributed by atoms with Crippen LogP contribution in [0, 0.1) is 0 Å². The highest BCUT2D eigenvalue weighted by molar-refractivity contribution is 14.1. The molecule has 1 nitrogen and oxygen atoms in total. The zero-order valence-electron chi connectivity index (χ0n) is 5.19. The molecule has 0 aliphatic carbocycles. The van der Waals surface area contributed by atoms with Crippen molar-refractivity contribution in [3.8, 4) is 0 Å². The highest BCUT2D eigenvalue weighted by Crippen LogP contribution is 1.99. The van der Waals surface area contributed by atoms with Gasteiger partial charge in [0.05, 0.1) is 6.04 Å². The third-order valence-corrected chi connectivity index (χ3v) is 2.36. The first-order valence-electron chi connectivity index (χ1n) is 2.56. The van der Waals surface area contributed by atoms with Gasteiger partial charge in [0.2, 0.25) is 0 Å². The van der Waals surface area contributed by atoms with Gasteiger partial charge in [-0.05, 0) is 13.6 Å². The summed E-state index contributed by atoms with van der Waals surface area (Å²) in [4.78, 5) is 4.24. The van der Waals surface area contributed by atoms with Crippen LogP contribution in [0.4, 0.5) is 0 Å². The van der Waals surface area contributed by atoms with Crippen molar-refractivity contribution in [1.82, 2.24) is 0 Å². The Morgan fingerprint density at radius 2 is 2.50 bits per heavy atom. The molecule has 0 saturated heterocycles. The summed E-state index contributed by atoms with van der Waals surface area (Å²) in [5.74, 6) is 2.00. The van der Waals surface area contributed by atoms with Crippen LogP contribution in [-0.4, -0.2) is 23.1 Å². The molecular weight excluding hydrogens is 232 g/mol. The predicted octanol–water partition coefficient (Wildman–Crippen LogP) is 2.15. The van der Waals surface area contributed by atoms with Crippen molar-refractivity contribution in [2.24, 2.45) is 4.99 Å². The Morgan fingerprint density at radius 3 is 2.88 bits per heavy atom. The fourth-order valence-electron chi connectivity index (χ4n) is 0.242. The molecular formula is C5H11INP. The van der Waals surface area contributed by atoms with Crippen molar-refractivity contribution >= 4 is 37.1 Å². The summed E-state index contributed by atoms with van der Waals surface area (Å²) in [6, 6.07) is 0.517. The van der Waals surface area contributed by atoms with Gasteiger partial charge in [-0.2, -0.15) is 0 Å². The first kappa shape index (κ1) is 8.83. The molecule has 0 saturated carbocycles. The maximum Gasteiger partial charge on any atom is 0.0561 e. The van der Waals surface area contributed by atoms with Crippen molar-refractivity contribution in [3.63, 3.8) is 0 Å². The zero-order chi connectivity index (χ0) is 6.41. The minimum absolute atomic E-state index is 0.517. The molecule has 0 aliphatic rings. The van der Waals surface area contributed by atoms with Crippen molar-refractivity contribution in [3.05, 3.63) is 0 Å². The fourth-order valence-corrected chi connectivity index (χ4v) is 0.873. The van der Waals surface area contributed by atoms with Crippen molar-refractivity contribution < 1.29 is 0 Å². The molecule has 2 unspecified atom stereocenters. The molecule has 0 aliphatic heterocycles. The predicted molar refractivity (Wildman–Crippen MR) is 51.1 cm³/mol. The van der Waals surface area contributed by atoms with Gasteiger partial charge in [-0.25, -0.2) is 0 Å². The lowest BCUT2D eigenvalue weighted by Gasteiger charge is -1.95. The van der Waals surface area contributed by atoms with Gasteiger partial charge in [0.25, 0.3) is 0 Å². The summed E-state index contributed by atoms with van der Waals surface area (Å²) in [5, 5.41) is 0. The zero-order valence-corrected chi connectivity index (χ0v) is 8.34. The largest absolute Gasteiger partial charge is 0.289 e. The molecule has 0 bridgehead atoms. The van der Waals surface area contributed by atoms with Crippen LogP contribution in [-0.2, 0) is 0 Å². The number of halogens is 1. The quantitative estimate of drug-likeness (QED) is 0.311. The smallest absolute Gasteiger partial charge is 0.0561 e. The summed E-state index contributed by atoms with van der Waals surface area (Å²) >= 11 is 2.34. The highest BCUT2D eigenvalue weighted by Gasteiger charge is 1.89. The fraction of sp³-hybridized carbons (Fsp3) is 0.800. The Bertz CT molecular complexity index is 74.8. The van der Waals surface area contributed by atoms with E-state index >= 15 is 0 Å². The first-order valence-corrected chi connectivity index (χ1v) is 5.66. The van der Waals surface area contributed by atoms with Crippen LogP contribution in [0.25, 0.3) is 0 Å². The molecule has 0 aromatic carbocycles. The van der Waals surface area contributed by atoms with Gasteiger partial charge in [0, 0.05) is 10.4 Å². The Hall–Kier alpha value is 0.830. The Kier molecular flexibility index (Phi) is 6.58. The third-order valence-electron chi connectivity index (χ3n) is 0.681. The van der Waals surface area contributed by atoms with Crippen molar-refractivity contribution in [2.45, 2.75) is 13.0 Å². The number of hydrogen-bond acceptors (Lipinski definition) is 1. The van der Waals surface area contributed by atoms with Crippen LogP contribution >= 0.6 is 31.2 Å². The van der Waals surface area contributed by atoms with Crippen LogP contribution in [0.15, 0.2) is 4.99 Å². The molecule has 0 amide bonds. The minimum atomic E-state index is 0.517. The van der Waals surface area contributed by atoms with Crippen LogP contribution in [0.1, 0.15) is 6.92 Å². The standard InChI is InChI=1S/C5H11INP/c1-5(3-6)7-4-8-2/h4-5,8H,3H2,1-2H3. The molecule has 0 spiro atoms. The Labute approximate surface area is 66.3 Å². The molecule has 48 valence electrons. The van der Waals surface area contributed by atoms with Crippen molar-refractivity contribution in [2.75, 3.05) is 11.1 Å². The van der Waals surface area contributed by atoms with E-state index in [-0.39, 0.29) is 0 Å². The lowest BCUT2D eigenvalue weighted by atomic mass is 10.4. The van der Waals surface area contributed by atoms with Gasteiger partial charge in [-0.1, -0.05) is 31.2 Å². The average Bonchev–Trinajstić information content (AvgIpc) is 1.83. The molecule has 2 atom stereocenters. The molecule has 0 heterocycles. The summed E-state index contributed by atoms with van der Waals surface area (Å²) in [5.41, 5.74) is 0. The van der Waals surface area contributed by atoms with E-state index in [4.69, 9.17) is 0 Å². The summed E-state index contributed by atoms with van der Waals surface area (Å²) < 4.78 is 1.12. The van der Waals surface area contributed by atoms with E-state index in [2.05, 4.69) is 41.2 Å². The van der Waals surface area contributed by atoms with Gasteiger partial charge >= 0.3 is 0 Å². The second-order valence-electron chi connectivity index (χ2n) is 1.57. The minimum Gasteiger partial charge on any atom is -0.289 e. The normalized spacial score (nSPS) is 16.4. The number of alkyl halides is 1. The lowest BCUT2D eigenvalue weighted by molar-refractivity contribution is 0.870. The van der Waals surface area contributed by atoms with Crippen LogP contribution in [0.3, 0.4) is 0 Å². The van der Waals surface area contributed by atoms with Gasteiger partial charge < -0.3 is 0 Å². The van der Waals surface area contributed by atoms with E-state index in [0.717, 1.165) is 13.0 Å². The maximum absolute atomic E-state index is 4.24. The number of rotatable bonds is 3.